The van der Waals surface area contributed by atoms with Crippen LogP contribution in [0, 0.1) is 16.2 Å². The predicted molar refractivity (Wildman–Crippen MR) is 144 cm³/mol. The number of nitrogens with two attached hydrogens (primary N) is 1. The number of carbonyl (C=O) groups is 2. The van der Waals surface area contributed by atoms with Crippen LogP contribution in [0.4, 0.5) is 0 Å². The number of hydrogen-bond acceptors (Lipinski definition) is 4. The molecule has 0 saturated heterocycles. The zero-order chi connectivity index (χ0) is 27.5. The Labute approximate surface area is 215 Å². The average Bonchev–Trinajstić information content (AvgIpc) is 3.47. The summed E-state index contributed by atoms with van der Waals surface area (Å²) in [4.78, 5) is 29.0. The van der Waals surface area contributed by atoms with E-state index < -0.39 is 45.4 Å². The molecule has 1 aliphatic carbocycles. The first kappa shape index (κ1) is 31.9. The molecule has 6 heteroatoms. The van der Waals surface area contributed by atoms with E-state index in [9.17, 15) is 19.8 Å². The molecule has 4 N–H and O–H groups in total. The Bertz CT molecular complexity index is 663. The largest absolute Gasteiger partial charge is 0.388 e. The van der Waals surface area contributed by atoms with Crippen molar-refractivity contribution in [3.05, 3.63) is 0 Å². The predicted octanol–water partition coefficient (Wildman–Crippen LogP) is 5.57. The SMILES string of the molecule is CCCC(O)(CCC)[C@H](N(C(=O)C1(C(N)=O)CC1)[C@H](C(C)(C)C)C(O)(CCC)CCC)C(C)(C)C. The highest BCUT2D eigenvalue weighted by atomic mass is 16.3. The van der Waals surface area contributed by atoms with Crippen molar-refractivity contribution in [2.45, 2.75) is 157 Å². The van der Waals surface area contributed by atoms with Gasteiger partial charge in [-0.25, -0.2) is 0 Å². The fourth-order valence-corrected chi connectivity index (χ4v) is 6.81. The van der Waals surface area contributed by atoms with Crippen LogP contribution in [0.2, 0.25) is 0 Å². The van der Waals surface area contributed by atoms with Crippen LogP contribution in [0.1, 0.15) is 133 Å². The Hall–Kier alpha value is -1.14. The highest BCUT2D eigenvalue weighted by molar-refractivity contribution is 6.07. The van der Waals surface area contributed by atoms with E-state index >= 15 is 0 Å². The molecule has 0 spiro atoms. The molecule has 1 fully saturated rings. The molecule has 1 rings (SSSR count). The Balaban J connectivity index is 4.07. The molecule has 206 valence electrons. The number of carbonyl (C=O) groups excluding carboxylic acids is 2. The lowest BCUT2D eigenvalue weighted by atomic mass is 9.65. The first-order valence-electron chi connectivity index (χ1n) is 14.0. The quantitative estimate of drug-likeness (QED) is 0.273. The normalized spacial score (nSPS) is 18.2. The van der Waals surface area contributed by atoms with Gasteiger partial charge in [-0.1, -0.05) is 94.9 Å². The molecule has 1 saturated carbocycles. The van der Waals surface area contributed by atoms with Gasteiger partial charge < -0.3 is 20.8 Å². The van der Waals surface area contributed by atoms with Crippen LogP contribution in [0.15, 0.2) is 0 Å². The van der Waals surface area contributed by atoms with Gasteiger partial charge in [0.05, 0.1) is 23.3 Å². The summed E-state index contributed by atoms with van der Waals surface area (Å²) < 4.78 is 0. The first-order valence-corrected chi connectivity index (χ1v) is 14.0. The van der Waals surface area contributed by atoms with E-state index in [-0.39, 0.29) is 5.91 Å². The van der Waals surface area contributed by atoms with Gasteiger partial charge in [-0.15, -0.1) is 0 Å². The summed E-state index contributed by atoms with van der Waals surface area (Å²) in [6.45, 7) is 20.5. The number of nitrogens with zero attached hydrogens (tertiary/aromatic N) is 1. The van der Waals surface area contributed by atoms with Crippen LogP contribution in [-0.2, 0) is 9.59 Å². The van der Waals surface area contributed by atoms with E-state index in [0.29, 0.717) is 38.5 Å². The van der Waals surface area contributed by atoms with E-state index in [2.05, 4.69) is 41.5 Å². The highest BCUT2D eigenvalue weighted by Crippen LogP contribution is 2.53. The Kier molecular flexibility index (Phi) is 10.5. The Morgan fingerprint density at radius 1 is 0.743 bits per heavy atom. The summed E-state index contributed by atoms with van der Waals surface area (Å²) in [6, 6.07) is -1.19. The summed E-state index contributed by atoms with van der Waals surface area (Å²) in [6.07, 6.45) is 6.04. The molecule has 0 aromatic heterocycles. The maximum Gasteiger partial charge on any atom is 0.238 e. The fraction of sp³-hybridized carbons (Fsp3) is 0.931. The second-order valence-corrected chi connectivity index (χ2v) is 13.4. The lowest BCUT2D eigenvalue weighted by Crippen LogP contribution is -2.71. The second kappa shape index (κ2) is 11.5. The van der Waals surface area contributed by atoms with Gasteiger partial charge in [0, 0.05) is 0 Å². The van der Waals surface area contributed by atoms with Crippen molar-refractivity contribution >= 4 is 11.8 Å². The van der Waals surface area contributed by atoms with E-state index in [4.69, 9.17) is 5.73 Å². The molecule has 1 aliphatic rings. The molecule has 2 amide bonds. The number of hydrogen-bond donors (Lipinski definition) is 3. The lowest BCUT2D eigenvalue weighted by molar-refractivity contribution is -0.191. The van der Waals surface area contributed by atoms with Crippen LogP contribution >= 0.6 is 0 Å². The maximum absolute atomic E-state index is 14.6. The molecule has 2 atom stereocenters. The van der Waals surface area contributed by atoms with Gasteiger partial charge in [-0.05, 0) is 49.4 Å². The molecule has 35 heavy (non-hydrogen) atoms. The van der Waals surface area contributed by atoms with Crippen molar-refractivity contribution in [1.29, 1.82) is 0 Å². The average molecular weight is 497 g/mol. The standard InChI is InChI=1S/C29H56N2O4/c1-11-15-28(34,16-12-2)21(25(5,6)7)31(24(33)27(19-20-27)23(30)32)22(26(8,9)10)29(35,17-13-3)18-14-4/h21-22,34-35H,11-20H2,1-10H3,(H2,30,32)/t21-,22-/m1/s1. The van der Waals surface area contributed by atoms with Crippen LogP contribution in [0.25, 0.3) is 0 Å². The Morgan fingerprint density at radius 3 is 1.20 bits per heavy atom. The lowest BCUT2D eigenvalue weighted by Gasteiger charge is -2.58. The molecule has 0 aromatic carbocycles. The molecule has 0 radical (unpaired) electrons. The molecule has 0 heterocycles. The molecule has 6 nitrogen and oxygen atoms in total. The van der Waals surface area contributed by atoms with Crippen molar-refractivity contribution in [2.24, 2.45) is 22.0 Å². The van der Waals surface area contributed by atoms with E-state index in [1.165, 1.54) is 0 Å². The van der Waals surface area contributed by atoms with Crippen LogP contribution in [0.3, 0.4) is 0 Å². The minimum absolute atomic E-state index is 0.318. The van der Waals surface area contributed by atoms with Gasteiger partial charge >= 0.3 is 0 Å². The smallest absolute Gasteiger partial charge is 0.238 e. The third-order valence-electron chi connectivity index (χ3n) is 7.81. The minimum atomic E-state index is -1.24. The van der Waals surface area contributed by atoms with Gasteiger partial charge in [0.2, 0.25) is 11.8 Å². The number of amides is 2. The third kappa shape index (κ3) is 6.80. The van der Waals surface area contributed by atoms with Gasteiger partial charge in [-0.3, -0.25) is 9.59 Å². The van der Waals surface area contributed by atoms with Gasteiger partial charge in [0.15, 0.2) is 0 Å². The second-order valence-electron chi connectivity index (χ2n) is 13.4. The van der Waals surface area contributed by atoms with Gasteiger partial charge in [0.25, 0.3) is 0 Å². The van der Waals surface area contributed by atoms with Crippen molar-refractivity contribution in [3.63, 3.8) is 0 Å². The van der Waals surface area contributed by atoms with Crippen molar-refractivity contribution in [2.75, 3.05) is 0 Å². The summed E-state index contributed by atoms with van der Waals surface area (Å²) >= 11 is 0. The van der Waals surface area contributed by atoms with Crippen molar-refractivity contribution < 1.29 is 19.8 Å². The topological polar surface area (TPSA) is 104 Å². The van der Waals surface area contributed by atoms with Crippen molar-refractivity contribution in [3.8, 4) is 0 Å². The Morgan fingerprint density at radius 2 is 1.03 bits per heavy atom. The van der Waals surface area contributed by atoms with Crippen molar-refractivity contribution in [1.82, 2.24) is 4.90 Å². The molecule has 0 unspecified atom stereocenters. The van der Waals surface area contributed by atoms with Crippen LogP contribution in [0.5, 0.6) is 0 Å². The molecule has 0 bridgehead atoms. The fourth-order valence-electron chi connectivity index (χ4n) is 6.81. The zero-order valence-corrected chi connectivity index (χ0v) is 24.5. The highest BCUT2D eigenvalue weighted by Gasteiger charge is 2.64. The number of primary amides is 1. The monoisotopic (exact) mass is 496 g/mol. The summed E-state index contributed by atoms with van der Waals surface area (Å²) in [5.74, 6) is -0.919. The van der Waals surface area contributed by atoms with E-state index in [1.807, 2.05) is 27.7 Å². The van der Waals surface area contributed by atoms with Gasteiger partial charge in [0.1, 0.15) is 5.41 Å². The summed E-state index contributed by atoms with van der Waals surface area (Å²) in [5, 5.41) is 24.6. The number of rotatable bonds is 14. The summed E-state index contributed by atoms with van der Waals surface area (Å²) in [5.41, 5.74) is 1.25. The van der Waals surface area contributed by atoms with E-state index in [1.54, 1.807) is 4.90 Å². The molecule has 0 aliphatic heterocycles. The molecular weight excluding hydrogens is 440 g/mol. The minimum Gasteiger partial charge on any atom is -0.388 e. The van der Waals surface area contributed by atoms with Gasteiger partial charge in [-0.2, -0.15) is 0 Å². The van der Waals surface area contributed by atoms with E-state index in [0.717, 1.165) is 25.7 Å². The first-order chi connectivity index (χ1) is 15.9. The third-order valence-corrected chi connectivity index (χ3v) is 7.81. The van der Waals surface area contributed by atoms with Crippen LogP contribution < -0.4 is 5.73 Å². The molecule has 0 aromatic rings. The zero-order valence-electron chi connectivity index (χ0n) is 24.5. The summed E-state index contributed by atoms with van der Waals surface area (Å²) in [7, 11) is 0. The van der Waals surface area contributed by atoms with Crippen LogP contribution in [-0.4, -0.2) is 50.2 Å². The molecular formula is C29H56N2O4. The number of aliphatic hydroxyl groups is 2. The maximum atomic E-state index is 14.6.